The maximum atomic E-state index is 10.2. The van der Waals surface area contributed by atoms with Gasteiger partial charge in [-0.15, -0.1) is 0 Å². The van der Waals surface area contributed by atoms with Crippen LogP contribution in [0.5, 0.6) is 0 Å². The first-order valence-corrected chi connectivity index (χ1v) is 3.62. The molecule has 0 N–H and O–H groups in total. The monoisotopic (exact) mass is 168 g/mol. The smallest absolute Gasteiger partial charge is 0.341 e. The molecule has 1 heterocycles. The predicted molar refractivity (Wildman–Crippen MR) is 45.3 cm³/mol. The highest BCUT2D eigenvalue weighted by Gasteiger charge is 2.24. The van der Waals surface area contributed by atoms with Crippen LogP contribution < -0.4 is 0 Å². The Morgan fingerprint density at radius 1 is 1.33 bits per heavy atom. The minimum absolute atomic E-state index is 0.0544. The van der Waals surface area contributed by atoms with Gasteiger partial charge >= 0.3 is 11.9 Å². The van der Waals surface area contributed by atoms with Gasteiger partial charge in [-0.05, 0) is 13.8 Å². The van der Waals surface area contributed by atoms with Gasteiger partial charge in [-0.25, -0.2) is 4.79 Å². The SMILES string of the molecule is C=C1CC(=O)OC1=O.CC=CC. The first-order chi connectivity index (χ1) is 5.61. The van der Waals surface area contributed by atoms with Crippen LogP contribution in [-0.2, 0) is 14.3 Å². The van der Waals surface area contributed by atoms with E-state index in [1.807, 2.05) is 26.0 Å². The first-order valence-electron chi connectivity index (χ1n) is 3.62. The molecule has 0 atom stereocenters. The maximum absolute atomic E-state index is 10.2. The van der Waals surface area contributed by atoms with Crippen molar-refractivity contribution in [2.24, 2.45) is 0 Å². The van der Waals surface area contributed by atoms with E-state index < -0.39 is 11.9 Å². The second-order valence-corrected chi connectivity index (χ2v) is 2.21. The zero-order chi connectivity index (χ0) is 9.56. The standard InChI is InChI=1S/C5H4O3.C4H8/c1-3-2-4(6)8-5(3)7;1-3-4-2/h1-2H2;3-4H,1-2H3. The molecule has 0 amide bonds. The summed E-state index contributed by atoms with van der Waals surface area (Å²) < 4.78 is 4.10. The third kappa shape index (κ3) is 3.71. The molecule has 12 heavy (non-hydrogen) atoms. The predicted octanol–water partition coefficient (Wildman–Crippen LogP) is 1.60. The summed E-state index contributed by atoms with van der Waals surface area (Å²) in [4.78, 5) is 20.4. The minimum atomic E-state index is -0.588. The van der Waals surface area contributed by atoms with Gasteiger partial charge in [0.25, 0.3) is 0 Å². The second kappa shape index (κ2) is 5.29. The molecular weight excluding hydrogens is 156 g/mol. The fourth-order valence-corrected chi connectivity index (χ4v) is 0.458. The van der Waals surface area contributed by atoms with Crippen LogP contribution >= 0.6 is 0 Å². The lowest BCUT2D eigenvalue weighted by Gasteiger charge is -1.80. The number of cyclic esters (lactones) is 2. The number of hydrogen-bond donors (Lipinski definition) is 0. The zero-order valence-corrected chi connectivity index (χ0v) is 7.29. The number of carbonyl (C=O) groups is 2. The number of hydrogen-bond acceptors (Lipinski definition) is 3. The molecule has 0 radical (unpaired) electrons. The van der Waals surface area contributed by atoms with Crippen molar-refractivity contribution in [3.8, 4) is 0 Å². The van der Waals surface area contributed by atoms with Crippen molar-refractivity contribution in [2.45, 2.75) is 20.3 Å². The van der Waals surface area contributed by atoms with E-state index >= 15 is 0 Å². The van der Waals surface area contributed by atoms with Gasteiger partial charge in [0.05, 0.1) is 6.42 Å². The van der Waals surface area contributed by atoms with E-state index in [1.54, 1.807) is 0 Å². The molecule has 0 saturated carbocycles. The number of rotatable bonds is 0. The summed E-state index contributed by atoms with van der Waals surface area (Å²) >= 11 is 0. The molecule has 1 aliphatic rings. The van der Waals surface area contributed by atoms with Crippen molar-refractivity contribution in [3.63, 3.8) is 0 Å². The summed E-state index contributed by atoms with van der Waals surface area (Å²) in [6, 6.07) is 0. The van der Waals surface area contributed by atoms with Crippen LogP contribution in [-0.4, -0.2) is 11.9 Å². The van der Waals surface area contributed by atoms with Crippen LogP contribution in [0, 0.1) is 0 Å². The van der Waals surface area contributed by atoms with E-state index in [0.717, 1.165) is 0 Å². The lowest BCUT2D eigenvalue weighted by molar-refractivity contribution is -0.151. The van der Waals surface area contributed by atoms with Crippen LogP contribution in [0.4, 0.5) is 0 Å². The molecule has 0 spiro atoms. The lowest BCUT2D eigenvalue weighted by atomic mass is 10.3. The Kier molecular flexibility index (Phi) is 4.69. The largest absolute Gasteiger partial charge is 0.389 e. The Balaban J connectivity index is 0.000000261. The number of carbonyl (C=O) groups excluding carboxylic acids is 2. The van der Waals surface area contributed by atoms with Crippen LogP contribution in [0.15, 0.2) is 24.3 Å². The summed E-state index contributed by atoms with van der Waals surface area (Å²) in [5.74, 6) is -1.09. The highest BCUT2D eigenvalue weighted by Crippen LogP contribution is 2.10. The topological polar surface area (TPSA) is 43.4 Å². The number of ether oxygens (including phenoxy) is 1. The van der Waals surface area contributed by atoms with Crippen molar-refractivity contribution < 1.29 is 14.3 Å². The lowest BCUT2D eigenvalue weighted by Crippen LogP contribution is -1.95. The molecule has 1 rings (SSSR count). The molecule has 0 aromatic heterocycles. The van der Waals surface area contributed by atoms with Gasteiger partial charge in [-0.2, -0.15) is 0 Å². The highest BCUT2D eigenvalue weighted by atomic mass is 16.6. The fourth-order valence-electron chi connectivity index (χ4n) is 0.458. The second-order valence-electron chi connectivity index (χ2n) is 2.21. The van der Waals surface area contributed by atoms with Crippen molar-refractivity contribution in [1.29, 1.82) is 0 Å². The summed E-state index contributed by atoms with van der Waals surface area (Å²) in [6.07, 6.45) is 4.05. The summed E-state index contributed by atoms with van der Waals surface area (Å²) in [5, 5.41) is 0. The Morgan fingerprint density at radius 3 is 1.92 bits per heavy atom. The van der Waals surface area contributed by atoms with Crippen molar-refractivity contribution >= 4 is 11.9 Å². The quantitative estimate of drug-likeness (QED) is 0.239. The Hall–Kier alpha value is -1.38. The van der Waals surface area contributed by atoms with E-state index in [1.165, 1.54) is 0 Å². The van der Waals surface area contributed by atoms with E-state index in [-0.39, 0.29) is 12.0 Å². The Bertz CT molecular complexity index is 204. The normalized spacial score (nSPS) is 16.0. The molecule has 1 saturated heterocycles. The fraction of sp³-hybridized carbons (Fsp3) is 0.333. The molecule has 0 aromatic carbocycles. The average molecular weight is 168 g/mol. The van der Waals surface area contributed by atoms with Gasteiger partial charge in [-0.1, -0.05) is 18.7 Å². The molecule has 0 unspecified atom stereocenters. The summed E-state index contributed by atoms with van der Waals surface area (Å²) in [5.41, 5.74) is 0.245. The zero-order valence-electron chi connectivity index (χ0n) is 7.29. The molecule has 0 aromatic rings. The molecule has 3 heteroatoms. The van der Waals surface area contributed by atoms with Gasteiger partial charge < -0.3 is 4.74 Å². The van der Waals surface area contributed by atoms with Gasteiger partial charge in [-0.3, -0.25) is 4.79 Å². The average Bonchev–Trinajstić information content (AvgIpc) is 2.30. The number of allylic oxidation sites excluding steroid dienone is 2. The third-order valence-electron chi connectivity index (χ3n) is 1.19. The van der Waals surface area contributed by atoms with E-state index in [9.17, 15) is 9.59 Å². The van der Waals surface area contributed by atoms with Crippen LogP contribution in [0.25, 0.3) is 0 Å². The van der Waals surface area contributed by atoms with E-state index in [4.69, 9.17) is 0 Å². The van der Waals surface area contributed by atoms with Gasteiger partial charge in [0, 0.05) is 5.57 Å². The third-order valence-corrected chi connectivity index (χ3v) is 1.19. The van der Waals surface area contributed by atoms with Crippen LogP contribution in [0.3, 0.4) is 0 Å². The molecule has 3 nitrogen and oxygen atoms in total. The van der Waals surface area contributed by atoms with E-state index in [2.05, 4.69) is 11.3 Å². The molecule has 1 fully saturated rings. The summed E-state index contributed by atoms with van der Waals surface area (Å²) in [7, 11) is 0. The number of esters is 2. The molecule has 66 valence electrons. The van der Waals surface area contributed by atoms with Crippen molar-refractivity contribution in [2.75, 3.05) is 0 Å². The molecule has 0 aliphatic carbocycles. The molecular formula is C9H12O3. The van der Waals surface area contributed by atoms with E-state index in [0.29, 0.717) is 0 Å². The Morgan fingerprint density at radius 2 is 1.83 bits per heavy atom. The highest BCUT2D eigenvalue weighted by molar-refractivity contribution is 6.05. The van der Waals surface area contributed by atoms with Gasteiger partial charge in [0.1, 0.15) is 0 Å². The molecule has 1 aliphatic heterocycles. The van der Waals surface area contributed by atoms with Crippen LogP contribution in [0.1, 0.15) is 20.3 Å². The van der Waals surface area contributed by atoms with Crippen molar-refractivity contribution in [1.82, 2.24) is 0 Å². The first kappa shape index (κ1) is 10.6. The molecule has 0 bridgehead atoms. The maximum Gasteiger partial charge on any atom is 0.341 e. The summed E-state index contributed by atoms with van der Waals surface area (Å²) in [6.45, 7) is 7.29. The minimum Gasteiger partial charge on any atom is -0.389 e. The van der Waals surface area contributed by atoms with Crippen molar-refractivity contribution in [3.05, 3.63) is 24.3 Å². The van der Waals surface area contributed by atoms with Gasteiger partial charge in [0.15, 0.2) is 0 Å². The van der Waals surface area contributed by atoms with Crippen LogP contribution in [0.2, 0.25) is 0 Å². The Labute approximate surface area is 71.7 Å². The van der Waals surface area contributed by atoms with Gasteiger partial charge in [0.2, 0.25) is 0 Å².